The summed E-state index contributed by atoms with van der Waals surface area (Å²) in [5.41, 5.74) is 1.46. The Hall–Kier alpha value is -1.89. The maximum atomic E-state index is 11.9. The van der Waals surface area contributed by atoms with Gasteiger partial charge in [0.1, 0.15) is 17.0 Å². The van der Waals surface area contributed by atoms with E-state index in [1.165, 1.54) is 22.2 Å². The molecule has 1 aliphatic heterocycles. The Morgan fingerprint density at radius 2 is 2.12 bits per heavy atom. The lowest BCUT2D eigenvalue weighted by atomic mass is 9.89. The van der Waals surface area contributed by atoms with Gasteiger partial charge in [-0.25, -0.2) is 14.8 Å². The quantitative estimate of drug-likeness (QED) is 0.824. The maximum Gasteiger partial charge on any atom is 0.409 e. The highest BCUT2D eigenvalue weighted by molar-refractivity contribution is 7.19. The van der Waals surface area contributed by atoms with Crippen LogP contribution >= 0.6 is 11.3 Å². The molecule has 3 heterocycles. The number of piperazine rings is 1. The Balaban J connectivity index is 1.59. The lowest BCUT2D eigenvalue weighted by Gasteiger charge is -2.35. The normalized spacial score (nSPS) is 20.6. The van der Waals surface area contributed by atoms with Crippen molar-refractivity contribution < 1.29 is 9.53 Å². The van der Waals surface area contributed by atoms with Crippen LogP contribution < -0.4 is 4.90 Å². The third kappa shape index (κ3) is 3.05. The molecule has 7 heteroatoms. The van der Waals surface area contributed by atoms with Gasteiger partial charge < -0.3 is 14.5 Å². The Morgan fingerprint density at radius 1 is 1.32 bits per heavy atom. The number of anilines is 1. The number of thiophene rings is 1. The number of fused-ring (bicyclic) bond motifs is 3. The van der Waals surface area contributed by atoms with Gasteiger partial charge in [0, 0.05) is 31.1 Å². The number of hydrogen-bond donors (Lipinski definition) is 0. The number of aryl methyl sites for hydroxylation is 1. The minimum atomic E-state index is -0.211. The molecule has 2 aliphatic rings. The number of carbonyl (C=O) groups excluding carboxylic acids is 1. The number of ether oxygens (including phenoxy) is 1. The Kier molecular flexibility index (Phi) is 4.50. The number of amides is 1. The van der Waals surface area contributed by atoms with Crippen molar-refractivity contribution >= 4 is 33.5 Å². The summed E-state index contributed by atoms with van der Waals surface area (Å²) >= 11 is 1.83. The largest absolute Gasteiger partial charge is 0.450 e. The summed E-state index contributed by atoms with van der Waals surface area (Å²) in [6.45, 7) is 7.51. The van der Waals surface area contributed by atoms with Gasteiger partial charge in [-0.3, -0.25) is 0 Å². The van der Waals surface area contributed by atoms with Gasteiger partial charge in [-0.1, -0.05) is 6.92 Å². The molecule has 25 heavy (non-hydrogen) atoms. The molecule has 2 aromatic heterocycles. The van der Waals surface area contributed by atoms with Crippen LogP contribution in [0.3, 0.4) is 0 Å². The van der Waals surface area contributed by atoms with E-state index < -0.39 is 0 Å². The summed E-state index contributed by atoms with van der Waals surface area (Å²) < 4.78 is 5.11. The number of rotatable bonds is 2. The first kappa shape index (κ1) is 16.6. The van der Waals surface area contributed by atoms with Crippen molar-refractivity contribution in [1.82, 2.24) is 14.9 Å². The Labute approximate surface area is 151 Å². The molecule has 2 aromatic rings. The second-order valence-corrected chi connectivity index (χ2v) is 7.99. The van der Waals surface area contributed by atoms with Gasteiger partial charge in [0.05, 0.1) is 12.0 Å². The van der Waals surface area contributed by atoms with Crippen LogP contribution in [0.2, 0.25) is 0 Å². The molecule has 0 N–H and O–H groups in total. The van der Waals surface area contributed by atoms with Crippen molar-refractivity contribution in [1.29, 1.82) is 0 Å². The van der Waals surface area contributed by atoms with Crippen LogP contribution in [0.5, 0.6) is 0 Å². The average Bonchev–Trinajstić information content (AvgIpc) is 2.99. The average molecular weight is 360 g/mol. The molecule has 1 fully saturated rings. The van der Waals surface area contributed by atoms with E-state index in [1.807, 2.05) is 18.3 Å². The standard InChI is InChI=1S/C18H24N4O2S/c1-3-24-18(23)22-8-6-21(7-9-22)16-15-13-5-4-12(2)10-14(13)25-17(15)20-11-19-16/h11-12H,3-10H2,1-2H3/t12-/m0/s1. The number of carbonyl (C=O) groups is 1. The third-order valence-corrected chi connectivity index (χ3v) is 6.34. The third-order valence-electron chi connectivity index (χ3n) is 5.18. The molecule has 0 spiro atoms. The first-order valence-electron chi connectivity index (χ1n) is 9.09. The Morgan fingerprint density at radius 3 is 2.88 bits per heavy atom. The van der Waals surface area contributed by atoms with Crippen LogP contribution in [0, 0.1) is 5.92 Å². The Bertz CT molecular complexity index is 783. The predicted molar refractivity (Wildman–Crippen MR) is 99.4 cm³/mol. The smallest absolute Gasteiger partial charge is 0.409 e. The van der Waals surface area contributed by atoms with E-state index >= 15 is 0 Å². The molecule has 0 radical (unpaired) electrons. The second-order valence-electron chi connectivity index (χ2n) is 6.90. The van der Waals surface area contributed by atoms with Gasteiger partial charge in [-0.15, -0.1) is 11.3 Å². The predicted octanol–water partition coefficient (Wildman–Crippen LogP) is 3.09. The highest BCUT2D eigenvalue weighted by atomic mass is 32.1. The van der Waals surface area contributed by atoms with E-state index in [-0.39, 0.29) is 6.09 Å². The molecule has 1 atom stereocenters. The summed E-state index contributed by atoms with van der Waals surface area (Å²) in [4.78, 5) is 27.7. The van der Waals surface area contributed by atoms with Gasteiger partial charge >= 0.3 is 6.09 Å². The number of aromatic nitrogens is 2. The fourth-order valence-electron chi connectivity index (χ4n) is 3.81. The highest BCUT2D eigenvalue weighted by Crippen LogP contribution is 2.40. The fraction of sp³-hybridized carbons (Fsp3) is 0.611. The number of nitrogens with zero attached hydrogens (tertiary/aromatic N) is 4. The minimum Gasteiger partial charge on any atom is -0.450 e. The van der Waals surface area contributed by atoms with Gasteiger partial charge in [0.25, 0.3) is 0 Å². The minimum absolute atomic E-state index is 0.211. The molecule has 1 amide bonds. The second kappa shape index (κ2) is 6.78. The molecule has 0 aromatic carbocycles. The molecule has 0 bridgehead atoms. The van der Waals surface area contributed by atoms with Crippen LogP contribution in [-0.2, 0) is 17.6 Å². The zero-order chi connectivity index (χ0) is 17.4. The van der Waals surface area contributed by atoms with Gasteiger partial charge in [-0.05, 0) is 37.7 Å². The first-order chi connectivity index (χ1) is 12.2. The van der Waals surface area contributed by atoms with Gasteiger partial charge in [0.2, 0.25) is 0 Å². The summed E-state index contributed by atoms with van der Waals surface area (Å²) in [5.74, 6) is 1.80. The van der Waals surface area contributed by atoms with Crippen molar-refractivity contribution in [2.75, 3.05) is 37.7 Å². The molecular formula is C18H24N4O2S. The highest BCUT2D eigenvalue weighted by Gasteiger charge is 2.27. The van der Waals surface area contributed by atoms with Gasteiger partial charge in [-0.2, -0.15) is 0 Å². The molecular weight excluding hydrogens is 336 g/mol. The zero-order valence-electron chi connectivity index (χ0n) is 14.8. The lowest BCUT2D eigenvalue weighted by Crippen LogP contribution is -2.49. The monoisotopic (exact) mass is 360 g/mol. The van der Waals surface area contributed by atoms with Crippen molar-refractivity contribution in [3.8, 4) is 0 Å². The van der Waals surface area contributed by atoms with Crippen molar-refractivity contribution in [3.05, 3.63) is 16.8 Å². The summed E-state index contributed by atoms with van der Waals surface area (Å²) in [6, 6.07) is 0. The van der Waals surface area contributed by atoms with Crippen molar-refractivity contribution in [2.45, 2.75) is 33.1 Å². The summed E-state index contributed by atoms with van der Waals surface area (Å²) in [7, 11) is 0. The summed E-state index contributed by atoms with van der Waals surface area (Å²) in [6.07, 6.45) is 4.99. The van der Waals surface area contributed by atoms with Crippen LogP contribution in [0.25, 0.3) is 10.2 Å². The maximum absolute atomic E-state index is 11.9. The van der Waals surface area contributed by atoms with E-state index in [4.69, 9.17) is 4.74 Å². The van der Waals surface area contributed by atoms with E-state index in [0.717, 1.165) is 42.5 Å². The van der Waals surface area contributed by atoms with Crippen LogP contribution in [0.1, 0.15) is 30.7 Å². The van der Waals surface area contributed by atoms with Crippen molar-refractivity contribution in [2.24, 2.45) is 5.92 Å². The van der Waals surface area contributed by atoms with Crippen LogP contribution in [0.4, 0.5) is 10.6 Å². The molecule has 134 valence electrons. The molecule has 4 rings (SSSR count). The summed E-state index contributed by atoms with van der Waals surface area (Å²) in [5, 5.41) is 1.25. The molecule has 0 saturated carbocycles. The van der Waals surface area contributed by atoms with Crippen LogP contribution in [-0.4, -0.2) is 53.7 Å². The van der Waals surface area contributed by atoms with Crippen molar-refractivity contribution in [3.63, 3.8) is 0 Å². The molecule has 0 unspecified atom stereocenters. The number of hydrogen-bond acceptors (Lipinski definition) is 6. The van der Waals surface area contributed by atoms with E-state index in [2.05, 4.69) is 21.8 Å². The van der Waals surface area contributed by atoms with Crippen LogP contribution in [0.15, 0.2) is 6.33 Å². The zero-order valence-corrected chi connectivity index (χ0v) is 15.6. The first-order valence-corrected chi connectivity index (χ1v) is 9.91. The molecule has 6 nitrogen and oxygen atoms in total. The van der Waals surface area contributed by atoms with E-state index in [0.29, 0.717) is 19.7 Å². The van der Waals surface area contributed by atoms with E-state index in [1.54, 1.807) is 11.2 Å². The topological polar surface area (TPSA) is 58.6 Å². The molecule has 1 saturated heterocycles. The van der Waals surface area contributed by atoms with E-state index in [9.17, 15) is 4.79 Å². The fourth-order valence-corrected chi connectivity index (χ4v) is 5.16. The lowest BCUT2D eigenvalue weighted by molar-refractivity contribution is 0.105. The SMILES string of the molecule is CCOC(=O)N1CCN(c2ncnc3sc4c(c23)CC[C@H](C)C4)CC1. The molecule has 1 aliphatic carbocycles. The van der Waals surface area contributed by atoms with Gasteiger partial charge in [0.15, 0.2) is 0 Å².